The Labute approximate surface area is 72.1 Å². The fourth-order valence-electron chi connectivity index (χ4n) is 1.42. The fourth-order valence-corrected chi connectivity index (χ4v) is 1.42. The molecule has 0 bridgehead atoms. The second-order valence-corrected chi connectivity index (χ2v) is 3.48. The highest BCUT2D eigenvalue weighted by Crippen LogP contribution is 2.40. The third kappa shape index (κ3) is 1.65. The summed E-state index contributed by atoms with van der Waals surface area (Å²) in [5, 5.41) is 0. The molecule has 2 unspecified atom stereocenters. The maximum atomic E-state index is 10.9. The first-order chi connectivity index (χ1) is 5.49. The summed E-state index contributed by atoms with van der Waals surface area (Å²) in [5.74, 6) is -0.147. The van der Waals surface area contributed by atoms with Crippen LogP contribution in [0, 0.1) is 5.92 Å². The van der Waals surface area contributed by atoms with Gasteiger partial charge in [-0.1, -0.05) is 6.92 Å². The van der Waals surface area contributed by atoms with Gasteiger partial charge >= 0.3 is 5.97 Å². The molecule has 0 saturated heterocycles. The lowest BCUT2D eigenvalue weighted by Crippen LogP contribution is -2.33. The SMILES string of the molecule is CCC(C)(OC(C)=O)C1CC1=O. The molecule has 12 heavy (non-hydrogen) atoms. The van der Waals surface area contributed by atoms with Gasteiger partial charge in [0, 0.05) is 13.3 Å². The van der Waals surface area contributed by atoms with Gasteiger partial charge in [-0.15, -0.1) is 0 Å². The summed E-state index contributed by atoms with van der Waals surface area (Å²) < 4.78 is 5.12. The van der Waals surface area contributed by atoms with Gasteiger partial charge in [-0.3, -0.25) is 9.59 Å². The third-order valence-corrected chi connectivity index (χ3v) is 2.45. The minimum Gasteiger partial charge on any atom is -0.459 e. The number of ketones is 1. The number of hydrogen-bond donors (Lipinski definition) is 0. The molecule has 0 spiro atoms. The Morgan fingerprint density at radius 2 is 2.25 bits per heavy atom. The maximum Gasteiger partial charge on any atom is 0.303 e. The summed E-state index contributed by atoms with van der Waals surface area (Å²) in [7, 11) is 0. The molecular weight excluding hydrogens is 156 g/mol. The van der Waals surface area contributed by atoms with Crippen LogP contribution in [0.4, 0.5) is 0 Å². The lowest BCUT2D eigenvalue weighted by Gasteiger charge is -2.26. The van der Waals surface area contributed by atoms with Crippen LogP contribution in [-0.4, -0.2) is 17.4 Å². The van der Waals surface area contributed by atoms with Crippen molar-refractivity contribution in [2.45, 2.75) is 39.2 Å². The van der Waals surface area contributed by atoms with Crippen molar-refractivity contribution in [3.8, 4) is 0 Å². The van der Waals surface area contributed by atoms with Crippen molar-refractivity contribution in [3.05, 3.63) is 0 Å². The van der Waals surface area contributed by atoms with Crippen LogP contribution >= 0.6 is 0 Å². The van der Waals surface area contributed by atoms with Crippen LogP contribution in [0.2, 0.25) is 0 Å². The van der Waals surface area contributed by atoms with Crippen molar-refractivity contribution in [3.63, 3.8) is 0 Å². The predicted octanol–water partition coefficient (Wildman–Crippen LogP) is 1.31. The standard InChI is InChI=1S/C9H14O3/c1-4-9(3,12-6(2)10)7-5-8(7)11/h7H,4-5H2,1-3H3. The lowest BCUT2D eigenvalue weighted by atomic mass is 9.97. The normalized spacial score (nSPS) is 26.2. The zero-order valence-electron chi connectivity index (χ0n) is 7.72. The minimum atomic E-state index is -0.553. The van der Waals surface area contributed by atoms with E-state index in [1.54, 1.807) is 0 Å². The maximum absolute atomic E-state index is 10.9. The molecular formula is C9H14O3. The smallest absolute Gasteiger partial charge is 0.303 e. The molecule has 1 aliphatic rings. The summed E-state index contributed by atoms with van der Waals surface area (Å²) in [5.41, 5.74) is -0.553. The molecule has 0 heterocycles. The molecule has 2 atom stereocenters. The van der Waals surface area contributed by atoms with Crippen molar-refractivity contribution in [2.24, 2.45) is 5.92 Å². The van der Waals surface area contributed by atoms with E-state index >= 15 is 0 Å². The number of ether oxygens (including phenoxy) is 1. The van der Waals surface area contributed by atoms with E-state index < -0.39 is 5.60 Å². The van der Waals surface area contributed by atoms with E-state index in [1.807, 2.05) is 13.8 Å². The molecule has 0 N–H and O–H groups in total. The zero-order chi connectivity index (χ0) is 9.35. The van der Waals surface area contributed by atoms with Crippen molar-refractivity contribution in [1.82, 2.24) is 0 Å². The van der Waals surface area contributed by atoms with Crippen LogP contribution in [0.5, 0.6) is 0 Å². The second kappa shape index (κ2) is 2.88. The van der Waals surface area contributed by atoms with Gasteiger partial charge in [0.25, 0.3) is 0 Å². The number of hydrogen-bond acceptors (Lipinski definition) is 3. The molecule has 68 valence electrons. The van der Waals surface area contributed by atoms with Gasteiger partial charge < -0.3 is 4.74 Å². The summed E-state index contributed by atoms with van der Waals surface area (Å²) in [6.45, 7) is 5.12. The molecule has 0 aromatic carbocycles. The van der Waals surface area contributed by atoms with Crippen molar-refractivity contribution < 1.29 is 14.3 Å². The Balaban J connectivity index is 2.62. The number of rotatable bonds is 3. The molecule has 1 saturated carbocycles. The largest absolute Gasteiger partial charge is 0.459 e. The number of carbonyl (C=O) groups is 2. The van der Waals surface area contributed by atoms with Crippen LogP contribution in [-0.2, 0) is 14.3 Å². The van der Waals surface area contributed by atoms with Gasteiger partial charge in [0.2, 0.25) is 0 Å². The first kappa shape index (κ1) is 9.23. The topological polar surface area (TPSA) is 43.4 Å². The van der Waals surface area contributed by atoms with Crippen LogP contribution in [0.1, 0.15) is 33.6 Å². The van der Waals surface area contributed by atoms with E-state index in [-0.39, 0.29) is 17.7 Å². The molecule has 1 fully saturated rings. The monoisotopic (exact) mass is 170 g/mol. The highest BCUT2D eigenvalue weighted by molar-refractivity contribution is 5.97. The summed E-state index contributed by atoms with van der Waals surface area (Å²) in [6.07, 6.45) is 1.26. The molecule has 3 nitrogen and oxygen atoms in total. The van der Waals surface area contributed by atoms with Gasteiger partial charge in [0.1, 0.15) is 11.4 Å². The molecule has 3 heteroatoms. The number of esters is 1. The van der Waals surface area contributed by atoms with E-state index in [9.17, 15) is 9.59 Å². The van der Waals surface area contributed by atoms with E-state index in [4.69, 9.17) is 4.74 Å². The van der Waals surface area contributed by atoms with E-state index in [1.165, 1.54) is 6.92 Å². The molecule has 1 aliphatic carbocycles. The predicted molar refractivity (Wildman–Crippen MR) is 43.6 cm³/mol. The van der Waals surface area contributed by atoms with Gasteiger partial charge in [-0.2, -0.15) is 0 Å². The van der Waals surface area contributed by atoms with Gasteiger partial charge in [-0.25, -0.2) is 0 Å². The van der Waals surface area contributed by atoms with Gasteiger partial charge in [0.05, 0.1) is 5.92 Å². The van der Waals surface area contributed by atoms with Crippen molar-refractivity contribution in [2.75, 3.05) is 0 Å². The fraction of sp³-hybridized carbons (Fsp3) is 0.778. The summed E-state index contributed by atoms with van der Waals surface area (Å²) in [6, 6.07) is 0. The average molecular weight is 170 g/mol. The third-order valence-electron chi connectivity index (χ3n) is 2.45. The molecule has 1 rings (SSSR count). The molecule has 0 aromatic rings. The lowest BCUT2D eigenvalue weighted by molar-refractivity contribution is -0.158. The Hall–Kier alpha value is -0.860. The molecule has 0 aliphatic heterocycles. The van der Waals surface area contributed by atoms with Crippen LogP contribution in [0.15, 0.2) is 0 Å². The molecule has 0 aromatic heterocycles. The Bertz CT molecular complexity index is 222. The quantitative estimate of drug-likeness (QED) is 0.600. The average Bonchev–Trinajstić information content (AvgIpc) is 2.66. The van der Waals surface area contributed by atoms with E-state index in [0.29, 0.717) is 12.8 Å². The highest BCUT2D eigenvalue weighted by Gasteiger charge is 2.50. The van der Waals surface area contributed by atoms with Gasteiger partial charge in [-0.05, 0) is 13.3 Å². The van der Waals surface area contributed by atoms with Crippen LogP contribution < -0.4 is 0 Å². The Kier molecular flexibility index (Phi) is 2.22. The van der Waals surface area contributed by atoms with Crippen molar-refractivity contribution >= 4 is 11.8 Å². The number of Topliss-reactive ketones (excluding diaryl/α,β-unsaturated/α-hetero) is 1. The van der Waals surface area contributed by atoms with Crippen LogP contribution in [0.3, 0.4) is 0 Å². The zero-order valence-corrected chi connectivity index (χ0v) is 7.72. The Morgan fingerprint density at radius 3 is 2.50 bits per heavy atom. The summed E-state index contributed by atoms with van der Waals surface area (Å²) >= 11 is 0. The molecule has 0 radical (unpaired) electrons. The first-order valence-corrected chi connectivity index (χ1v) is 4.22. The Morgan fingerprint density at radius 1 is 1.75 bits per heavy atom. The van der Waals surface area contributed by atoms with Crippen molar-refractivity contribution in [1.29, 1.82) is 0 Å². The summed E-state index contributed by atoms with van der Waals surface area (Å²) in [4.78, 5) is 21.6. The van der Waals surface area contributed by atoms with E-state index in [2.05, 4.69) is 0 Å². The van der Waals surface area contributed by atoms with E-state index in [0.717, 1.165) is 0 Å². The number of carbonyl (C=O) groups excluding carboxylic acids is 2. The van der Waals surface area contributed by atoms with Crippen LogP contribution in [0.25, 0.3) is 0 Å². The second-order valence-electron chi connectivity index (χ2n) is 3.48. The molecule has 0 amide bonds. The van der Waals surface area contributed by atoms with Gasteiger partial charge in [0.15, 0.2) is 0 Å². The first-order valence-electron chi connectivity index (χ1n) is 4.22. The minimum absolute atomic E-state index is 0.0496. The highest BCUT2D eigenvalue weighted by atomic mass is 16.6.